The molecule has 0 bridgehead atoms. The van der Waals surface area contributed by atoms with Gasteiger partial charge in [-0.05, 0) is 13.3 Å². The lowest BCUT2D eigenvalue weighted by Crippen LogP contribution is -2.54. The van der Waals surface area contributed by atoms with Crippen LogP contribution < -0.4 is 0 Å². The summed E-state index contributed by atoms with van der Waals surface area (Å²) >= 11 is 0. The van der Waals surface area contributed by atoms with E-state index in [1.807, 2.05) is 6.07 Å². The van der Waals surface area contributed by atoms with Gasteiger partial charge in [0.1, 0.15) is 0 Å². The average molecular weight is 262 g/mol. The molecule has 1 fully saturated rings. The molecule has 0 saturated carbocycles. The molecule has 3 atom stereocenters. The van der Waals surface area contributed by atoms with Crippen molar-refractivity contribution in [1.82, 2.24) is 4.31 Å². The van der Waals surface area contributed by atoms with E-state index in [0.29, 0.717) is 0 Å². The molecule has 1 heterocycles. The number of hydrogen-bond acceptors (Lipinski definition) is 5. The Kier molecular flexibility index (Phi) is 4.89. The van der Waals surface area contributed by atoms with Crippen molar-refractivity contribution in [3.63, 3.8) is 0 Å². The van der Waals surface area contributed by atoms with Gasteiger partial charge in [0.2, 0.25) is 10.0 Å². The van der Waals surface area contributed by atoms with E-state index in [2.05, 4.69) is 0 Å². The number of aliphatic hydroxyl groups is 1. The zero-order valence-electron chi connectivity index (χ0n) is 10.0. The number of morpholine rings is 1. The first-order chi connectivity index (χ1) is 7.97. The molecule has 1 saturated heterocycles. The summed E-state index contributed by atoms with van der Waals surface area (Å²) in [5.74, 6) is 0. The largest absolute Gasteiger partial charge is 0.394 e. The summed E-state index contributed by atoms with van der Waals surface area (Å²) < 4.78 is 30.9. The summed E-state index contributed by atoms with van der Waals surface area (Å²) in [5, 5.41) is 16.8. The molecule has 1 N–H and O–H groups in total. The third-order valence-corrected chi connectivity index (χ3v) is 5.17. The molecule has 0 aromatic rings. The van der Waals surface area contributed by atoms with Crippen LogP contribution in [-0.4, -0.2) is 55.0 Å². The van der Waals surface area contributed by atoms with E-state index in [1.54, 1.807) is 13.8 Å². The third-order valence-electron chi connectivity index (χ3n) is 2.85. The number of hydrogen-bond donors (Lipinski definition) is 1. The summed E-state index contributed by atoms with van der Waals surface area (Å²) in [7, 11) is -3.64. The molecular weight excluding hydrogens is 244 g/mol. The van der Waals surface area contributed by atoms with Gasteiger partial charge in [0.25, 0.3) is 0 Å². The van der Waals surface area contributed by atoms with E-state index in [4.69, 9.17) is 15.1 Å². The molecular formula is C10H18N2O4S. The van der Waals surface area contributed by atoms with Gasteiger partial charge in [-0.2, -0.15) is 9.57 Å². The van der Waals surface area contributed by atoms with Crippen molar-refractivity contribution in [1.29, 1.82) is 5.26 Å². The van der Waals surface area contributed by atoms with E-state index < -0.39 is 21.4 Å². The summed E-state index contributed by atoms with van der Waals surface area (Å²) in [6.45, 7) is 3.53. The molecule has 0 radical (unpaired) electrons. The highest BCUT2D eigenvalue weighted by Crippen LogP contribution is 2.20. The quantitative estimate of drug-likeness (QED) is 0.751. The standard InChI is InChI=1S/C10H18N2O4S/c1-3-10(4-11)17(14,15)12-5-9(6-13)16-7-8(12)2/h8-10,13H,3,5-7H2,1-2H3. The van der Waals surface area contributed by atoms with E-state index in [1.165, 1.54) is 4.31 Å². The maximum absolute atomic E-state index is 12.2. The van der Waals surface area contributed by atoms with Crippen LogP contribution >= 0.6 is 0 Å². The number of nitriles is 1. The fourth-order valence-electron chi connectivity index (χ4n) is 1.79. The highest BCUT2D eigenvalue weighted by atomic mass is 32.2. The Balaban J connectivity index is 2.93. The van der Waals surface area contributed by atoms with Gasteiger partial charge in [0.05, 0.1) is 25.4 Å². The van der Waals surface area contributed by atoms with E-state index >= 15 is 0 Å². The lowest BCUT2D eigenvalue weighted by molar-refractivity contribution is -0.0517. The molecule has 0 aromatic carbocycles. The Morgan fingerprint density at radius 3 is 2.76 bits per heavy atom. The molecule has 0 aliphatic carbocycles. The van der Waals surface area contributed by atoms with Gasteiger partial charge >= 0.3 is 0 Å². The van der Waals surface area contributed by atoms with E-state index in [9.17, 15) is 8.42 Å². The molecule has 1 rings (SSSR count). The van der Waals surface area contributed by atoms with Crippen molar-refractivity contribution in [2.45, 2.75) is 37.7 Å². The maximum atomic E-state index is 12.2. The van der Waals surface area contributed by atoms with Gasteiger partial charge in [-0.25, -0.2) is 8.42 Å². The van der Waals surface area contributed by atoms with Gasteiger partial charge in [-0.15, -0.1) is 0 Å². The molecule has 0 amide bonds. The first-order valence-corrected chi connectivity index (χ1v) is 7.10. The molecule has 3 unspecified atom stereocenters. The third kappa shape index (κ3) is 2.96. The van der Waals surface area contributed by atoms with Crippen LogP contribution in [0.4, 0.5) is 0 Å². The Labute approximate surface area is 102 Å². The molecule has 1 aliphatic rings. The average Bonchev–Trinajstić information content (AvgIpc) is 2.30. The van der Waals surface area contributed by atoms with Crippen LogP contribution in [-0.2, 0) is 14.8 Å². The number of aliphatic hydroxyl groups excluding tert-OH is 1. The van der Waals surface area contributed by atoms with Gasteiger partial charge in [-0.1, -0.05) is 6.92 Å². The lowest BCUT2D eigenvalue weighted by atomic mass is 10.2. The Bertz CT molecular complexity index is 390. The van der Waals surface area contributed by atoms with E-state index in [0.717, 1.165) is 0 Å². The number of nitrogens with zero attached hydrogens (tertiary/aromatic N) is 2. The molecule has 6 nitrogen and oxygen atoms in total. The zero-order valence-corrected chi connectivity index (χ0v) is 10.9. The van der Waals surface area contributed by atoms with Crippen molar-refractivity contribution in [2.75, 3.05) is 19.8 Å². The minimum atomic E-state index is -3.64. The molecule has 7 heteroatoms. The highest BCUT2D eigenvalue weighted by Gasteiger charge is 2.38. The van der Waals surface area contributed by atoms with Crippen LogP contribution in [0.1, 0.15) is 20.3 Å². The van der Waals surface area contributed by atoms with Crippen molar-refractivity contribution >= 4 is 10.0 Å². The minimum absolute atomic E-state index is 0.109. The normalized spacial score (nSPS) is 28.6. The van der Waals surface area contributed by atoms with Gasteiger partial charge in [-0.3, -0.25) is 0 Å². The van der Waals surface area contributed by atoms with Gasteiger partial charge in [0, 0.05) is 12.6 Å². The van der Waals surface area contributed by atoms with Crippen LogP contribution in [0.2, 0.25) is 0 Å². The summed E-state index contributed by atoms with van der Waals surface area (Å²) in [6, 6.07) is 1.51. The van der Waals surface area contributed by atoms with Gasteiger partial charge in [0.15, 0.2) is 5.25 Å². The lowest BCUT2D eigenvalue weighted by Gasteiger charge is -2.37. The maximum Gasteiger partial charge on any atom is 0.230 e. The van der Waals surface area contributed by atoms with Crippen LogP contribution in [0.25, 0.3) is 0 Å². The van der Waals surface area contributed by atoms with Crippen molar-refractivity contribution in [2.24, 2.45) is 0 Å². The summed E-state index contributed by atoms with van der Waals surface area (Å²) in [6.07, 6.45) is -0.246. The second-order valence-electron chi connectivity index (χ2n) is 4.13. The Morgan fingerprint density at radius 1 is 1.65 bits per heavy atom. The topological polar surface area (TPSA) is 90.6 Å². The fraction of sp³-hybridized carbons (Fsp3) is 0.900. The summed E-state index contributed by atoms with van der Waals surface area (Å²) in [5.41, 5.74) is 0. The Hall–Kier alpha value is -0.680. The van der Waals surface area contributed by atoms with Crippen molar-refractivity contribution in [3.8, 4) is 6.07 Å². The predicted molar refractivity (Wildman–Crippen MR) is 61.6 cm³/mol. The summed E-state index contributed by atoms with van der Waals surface area (Å²) in [4.78, 5) is 0. The first-order valence-electron chi connectivity index (χ1n) is 5.60. The molecule has 0 aromatic heterocycles. The van der Waals surface area contributed by atoms with Gasteiger partial charge < -0.3 is 9.84 Å². The van der Waals surface area contributed by atoms with E-state index in [-0.39, 0.29) is 32.2 Å². The highest BCUT2D eigenvalue weighted by molar-refractivity contribution is 7.90. The molecule has 1 aliphatic heterocycles. The number of rotatable bonds is 4. The predicted octanol–water partition coefficient (Wildman–Crippen LogP) is -0.300. The van der Waals surface area contributed by atoms with Crippen molar-refractivity contribution < 1.29 is 18.3 Å². The second kappa shape index (κ2) is 5.78. The molecule has 0 spiro atoms. The minimum Gasteiger partial charge on any atom is -0.394 e. The van der Waals surface area contributed by atoms with Crippen molar-refractivity contribution in [3.05, 3.63) is 0 Å². The SMILES string of the molecule is CCC(C#N)S(=O)(=O)N1CC(CO)OCC1C. The first kappa shape index (κ1) is 14.4. The Morgan fingerprint density at radius 2 is 2.29 bits per heavy atom. The molecule has 17 heavy (non-hydrogen) atoms. The van der Waals surface area contributed by atoms with Crippen LogP contribution in [0.5, 0.6) is 0 Å². The van der Waals surface area contributed by atoms with Crippen LogP contribution in [0.15, 0.2) is 0 Å². The smallest absolute Gasteiger partial charge is 0.230 e. The monoisotopic (exact) mass is 262 g/mol. The molecule has 98 valence electrons. The fourth-order valence-corrected chi connectivity index (χ4v) is 3.61. The zero-order chi connectivity index (χ0) is 13.1. The number of ether oxygens (including phenoxy) is 1. The second-order valence-corrected chi connectivity index (χ2v) is 6.20. The number of sulfonamides is 1. The van der Waals surface area contributed by atoms with Crippen LogP contribution in [0.3, 0.4) is 0 Å². The van der Waals surface area contributed by atoms with Crippen LogP contribution in [0, 0.1) is 11.3 Å².